The third kappa shape index (κ3) is 1.57. The number of hydrogen-bond donors (Lipinski definition) is 1. The van der Waals surface area contributed by atoms with Crippen LogP contribution in [0.5, 0.6) is 0 Å². The number of aromatic nitrogens is 3. The molecule has 0 unspecified atom stereocenters. The summed E-state index contributed by atoms with van der Waals surface area (Å²) in [6, 6.07) is 5.19. The first-order valence-corrected chi connectivity index (χ1v) is 3.32. The summed E-state index contributed by atoms with van der Waals surface area (Å²) in [6.45, 7) is 0. The number of carboxylic acid groups (broad SMARTS) is 1. The smallest absolute Gasteiger partial charge is 0.374 e. The molecule has 2 rings (SSSR count). The molecule has 1 radical (unpaired) electrons. The fourth-order valence-corrected chi connectivity index (χ4v) is 0.987. The molecule has 0 saturated carbocycles. The van der Waals surface area contributed by atoms with Crippen molar-refractivity contribution in [1.82, 2.24) is 14.6 Å². The Labute approximate surface area is 85.6 Å². The second-order valence-electron chi connectivity index (χ2n) is 2.26. The topological polar surface area (TPSA) is 67.5 Å². The normalized spacial score (nSPS) is 9.54. The van der Waals surface area contributed by atoms with Gasteiger partial charge in [0.15, 0.2) is 5.65 Å². The third-order valence-electron chi connectivity index (χ3n) is 1.51. The van der Waals surface area contributed by atoms with Gasteiger partial charge in [0.2, 0.25) is 5.82 Å². The minimum atomic E-state index is -1.08. The van der Waals surface area contributed by atoms with Crippen LogP contribution in [0, 0.1) is 0 Å². The molecule has 0 aliphatic heterocycles. The van der Waals surface area contributed by atoms with Crippen LogP contribution >= 0.6 is 0 Å². The summed E-state index contributed by atoms with van der Waals surface area (Å²) in [5.74, 6) is -1.14. The fraction of sp³-hybridized carbons (Fsp3) is 0. The molecule has 1 N–H and O–H groups in total. The maximum atomic E-state index is 10.6. The molecule has 0 bridgehead atoms. The Morgan fingerprint density at radius 1 is 1.38 bits per heavy atom. The molecule has 2 heterocycles. The van der Waals surface area contributed by atoms with Crippen LogP contribution in [-0.4, -0.2) is 44.5 Å². The number of carbonyl (C=O) groups is 1. The Hall–Kier alpha value is -1.31. The summed E-state index contributed by atoms with van der Waals surface area (Å²) in [5, 5.41) is 15.8. The van der Waals surface area contributed by atoms with E-state index in [1.807, 2.05) is 0 Å². The first-order valence-electron chi connectivity index (χ1n) is 3.32. The largest absolute Gasteiger partial charge is 0.475 e. The fourth-order valence-electron chi connectivity index (χ4n) is 0.987. The molecule has 2 aromatic heterocycles. The molecule has 5 nitrogen and oxygen atoms in total. The van der Waals surface area contributed by atoms with Crippen molar-refractivity contribution >= 4 is 30.5 Å². The average Bonchev–Trinajstić information content (AvgIpc) is 2.47. The quantitative estimate of drug-likeness (QED) is 0.614. The molecule has 61 valence electrons. The van der Waals surface area contributed by atoms with Crippen molar-refractivity contribution in [2.75, 3.05) is 0 Å². The number of rotatable bonds is 1. The summed E-state index contributed by atoms with van der Waals surface area (Å²) in [5.41, 5.74) is 0.537. The molecular formula is C7H5LiN3O2. The van der Waals surface area contributed by atoms with E-state index in [9.17, 15) is 4.79 Å². The van der Waals surface area contributed by atoms with E-state index < -0.39 is 5.97 Å². The van der Waals surface area contributed by atoms with E-state index in [0.717, 1.165) is 0 Å². The Bertz CT molecular complexity index is 440. The Morgan fingerprint density at radius 3 is 2.85 bits per heavy atom. The summed E-state index contributed by atoms with van der Waals surface area (Å²) in [6.07, 6.45) is 1.61. The molecule has 13 heavy (non-hydrogen) atoms. The minimum absolute atomic E-state index is 0. The van der Waals surface area contributed by atoms with E-state index in [2.05, 4.69) is 10.2 Å². The maximum absolute atomic E-state index is 10.6. The number of fused-ring (bicyclic) bond motifs is 1. The molecular weight excluding hydrogens is 165 g/mol. The van der Waals surface area contributed by atoms with Crippen molar-refractivity contribution in [3.8, 4) is 0 Å². The minimum Gasteiger partial charge on any atom is -0.475 e. The number of carboxylic acids is 1. The monoisotopic (exact) mass is 170 g/mol. The zero-order chi connectivity index (χ0) is 8.55. The van der Waals surface area contributed by atoms with Crippen molar-refractivity contribution in [3.05, 3.63) is 30.2 Å². The van der Waals surface area contributed by atoms with E-state index in [0.29, 0.717) is 5.65 Å². The molecule has 0 aliphatic rings. The second kappa shape index (κ2) is 3.60. The summed E-state index contributed by atoms with van der Waals surface area (Å²) in [7, 11) is 0. The zero-order valence-corrected chi connectivity index (χ0v) is 7.01. The average molecular weight is 170 g/mol. The Morgan fingerprint density at radius 2 is 2.15 bits per heavy atom. The van der Waals surface area contributed by atoms with Crippen LogP contribution in [0.4, 0.5) is 0 Å². The van der Waals surface area contributed by atoms with Crippen molar-refractivity contribution in [3.63, 3.8) is 0 Å². The van der Waals surface area contributed by atoms with E-state index in [1.54, 1.807) is 24.4 Å². The van der Waals surface area contributed by atoms with Gasteiger partial charge in [-0.15, -0.1) is 10.2 Å². The van der Waals surface area contributed by atoms with Gasteiger partial charge in [0.25, 0.3) is 0 Å². The number of nitrogens with zero attached hydrogens (tertiary/aromatic N) is 3. The second-order valence-corrected chi connectivity index (χ2v) is 2.26. The molecule has 2 aromatic rings. The molecule has 0 spiro atoms. The number of pyridine rings is 1. The van der Waals surface area contributed by atoms with E-state index in [4.69, 9.17) is 5.11 Å². The molecule has 6 heteroatoms. The van der Waals surface area contributed by atoms with Gasteiger partial charge in [0.1, 0.15) is 0 Å². The van der Waals surface area contributed by atoms with Crippen LogP contribution in [0.1, 0.15) is 10.6 Å². The van der Waals surface area contributed by atoms with Crippen molar-refractivity contribution in [2.24, 2.45) is 0 Å². The molecule has 0 atom stereocenters. The van der Waals surface area contributed by atoms with Gasteiger partial charge in [-0.05, 0) is 12.1 Å². The summed E-state index contributed by atoms with van der Waals surface area (Å²) >= 11 is 0. The van der Waals surface area contributed by atoms with Crippen molar-refractivity contribution < 1.29 is 9.90 Å². The van der Waals surface area contributed by atoms with Crippen molar-refractivity contribution in [2.45, 2.75) is 0 Å². The van der Waals surface area contributed by atoms with E-state index >= 15 is 0 Å². The maximum Gasteiger partial charge on any atom is 0.374 e. The van der Waals surface area contributed by atoms with E-state index in [-0.39, 0.29) is 24.7 Å². The molecule has 0 aliphatic carbocycles. The molecule has 0 amide bonds. The number of hydrogen-bond acceptors (Lipinski definition) is 3. The van der Waals surface area contributed by atoms with Gasteiger partial charge in [-0.1, -0.05) is 6.07 Å². The first-order chi connectivity index (χ1) is 5.79. The SMILES string of the molecule is O=C(O)c1nnc2ccccn12.[Li]. The van der Waals surface area contributed by atoms with Crippen LogP contribution in [-0.2, 0) is 0 Å². The van der Waals surface area contributed by atoms with Gasteiger partial charge < -0.3 is 5.11 Å². The van der Waals surface area contributed by atoms with Crippen LogP contribution in [0.25, 0.3) is 5.65 Å². The van der Waals surface area contributed by atoms with Gasteiger partial charge in [0.05, 0.1) is 0 Å². The first kappa shape index (κ1) is 9.77. The van der Waals surface area contributed by atoms with Crippen LogP contribution < -0.4 is 0 Å². The predicted octanol–water partition coefficient (Wildman–Crippen LogP) is 0.0467. The third-order valence-corrected chi connectivity index (χ3v) is 1.51. The predicted molar refractivity (Wildman–Crippen MR) is 45.7 cm³/mol. The van der Waals surface area contributed by atoms with Crippen LogP contribution in [0.2, 0.25) is 0 Å². The Balaban J connectivity index is 0.000000845. The van der Waals surface area contributed by atoms with Gasteiger partial charge in [0, 0.05) is 25.1 Å². The molecule has 0 fully saturated rings. The van der Waals surface area contributed by atoms with Crippen LogP contribution in [0.15, 0.2) is 24.4 Å². The van der Waals surface area contributed by atoms with Gasteiger partial charge in [-0.3, -0.25) is 4.40 Å². The van der Waals surface area contributed by atoms with Crippen LogP contribution in [0.3, 0.4) is 0 Å². The molecule has 0 saturated heterocycles. The Kier molecular flexibility index (Phi) is 2.71. The summed E-state index contributed by atoms with van der Waals surface area (Å²) in [4.78, 5) is 10.6. The van der Waals surface area contributed by atoms with Gasteiger partial charge >= 0.3 is 5.97 Å². The summed E-state index contributed by atoms with van der Waals surface area (Å²) < 4.78 is 1.42. The number of aromatic carboxylic acids is 1. The van der Waals surface area contributed by atoms with E-state index in [1.165, 1.54) is 4.40 Å². The standard InChI is InChI=1S/C7H5N3O2.Li/c11-7(12)6-9-8-5-3-1-2-4-10(5)6;/h1-4H,(H,11,12);. The van der Waals surface area contributed by atoms with Gasteiger partial charge in [-0.25, -0.2) is 4.79 Å². The zero-order valence-electron chi connectivity index (χ0n) is 7.01. The van der Waals surface area contributed by atoms with Gasteiger partial charge in [-0.2, -0.15) is 0 Å². The molecule has 0 aromatic carbocycles. The van der Waals surface area contributed by atoms with Crippen molar-refractivity contribution in [1.29, 1.82) is 0 Å².